The average molecular weight is 157 g/mol. The lowest BCUT2D eigenvalue weighted by molar-refractivity contribution is 1.39. The summed E-state index contributed by atoms with van der Waals surface area (Å²) in [7, 11) is 0. The zero-order chi connectivity index (χ0) is 8.49. The van der Waals surface area contributed by atoms with Gasteiger partial charge in [-0.1, -0.05) is 60.8 Å². The van der Waals surface area contributed by atoms with Gasteiger partial charge in [0.2, 0.25) is 0 Å². The van der Waals surface area contributed by atoms with Crippen molar-refractivity contribution in [3.8, 4) is 0 Å². The highest BCUT2D eigenvalue weighted by molar-refractivity contribution is 5.20. The van der Waals surface area contributed by atoms with Crippen LogP contribution >= 0.6 is 0 Å². The standard InChI is InChI=1S/C12H13/c1-2-4-6-8-10-12-11-9-7-5-3-1/h1-11H,12H2/b2-1+,6-4-,7-5+,10-8+,11-9-. The Morgan fingerprint density at radius 1 is 0.500 bits per heavy atom. The van der Waals surface area contributed by atoms with E-state index in [9.17, 15) is 0 Å². The molecule has 0 fully saturated rings. The molecule has 0 amide bonds. The molecule has 0 N–H and O–H groups in total. The van der Waals surface area contributed by atoms with Gasteiger partial charge in [0.25, 0.3) is 0 Å². The molecule has 0 bridgehead atoms. The largest absolute Gasteiger partial charge is 0.0808 e. The molecule has 1 aliphatic carbocycles. The molecule has 1 radical (unpaired) electrons. The van der Waals surface area contributed by atoms with Crippen LogP contribution in [0.2, 0.25) is 0 Å². The van der Waals surface area contributed by atoms with E-state index >= 15 is 0 Å². The van der Waals surface area contributed by atoms with Crippen LogP contribution in [0.3, 0.4) is 0 Å². The van der Waals surface area contributed by atoms with Crippen LogP contribution in [0, 0.1) is 6.42 Å². The normalized spacial score (nSPS) is 30.7. The molecule has 0 aromatic carbocycles. The first-order valence-corrected chi connectivity index (χ1v) is 4.15. The van der Waals surface area contributed by atoms with Crippen LogP contribution in [0.1, 0.15) is 6.42 Å². The third-order valence-electron chi connectivity index (χ3n) is 1.43. The molecule has 0 heteroatoms. The summed E-state index contributed by atoms with van der Waals surface area (Å²) in [5.74, 6) is 0. The van der Waals surface area contributed by atoms with Gasteiger partial charge in [-0.05, 0) is 6.42 Å². The third kappa shape index (κ3) is 4.51. The molecule has 0 unspecified atom stereocenters. The highest BCUT2D eigenvalue weighted by Gasteiger charge is 1.72. The fraction of sp³-hybridized carbons (Fsp3) is 0.0833. The third-order valence-corrected chi connectivity index (χ3v) is 1.43. The summed E-state index contributed by atoms with van der Waals surface area (Å²) in [6.07, 6.45) is 23.5. The first-order valence-electron chi connectivity index (χ1n) is 4.15. The topological polar surface area (TPSA) is 0 Å². The van der Waals surface area contributed by atoms with Gasteiger partial charge in [-0.3, -0.25) is 0 Å². The van der Waals surface area contributed by atoms with Crippen molar-refractivity contribution in [1.82, 2.24) is 0 Å². The molecular formula is C12H13. The van der Waals surface area contributed by atoms with Crippen LogP contribution in [0.5, 0.6) is 0 Å². The lowest BCUT2D eigenvalue weighted by Crippen LogP contribution is -1.62. The lowest BCUT2D eigenvalue weighted by Gasteiger charge is -1.82. The van der Waals surface area contributed by atoms with E-state index in [0.717, 1.165) is 6.42 Å². The van der Waals surface area contributed by atoms with Crippen molar-refractivity contribution in [3.05, 3.63) is 67.2 Å². The van der Waals surface area contributed by atoms with Crippen molar-refractivity contribution in [1.29, 1.82) is 0 Å². The maximum Gasteiger partial charge on any atom is 0.00506 e. The summed E-state index contributed by atoms with van der Waals surface area (Å²) in [5.41, 5.74) is 0. The van der Waals surface area contributed by atoms with Gasteiger partial charge in [-0.2, -0.15) is 0 Å². The van der Waals surface area contributed by atoms with Crippen LogP contribution in [0.25, 0.3) is 0 Å². The molecule has 0 saturated carbocycles. The summed E-state index contributed by atoms with van der Waals surface area (Å²) < 4.78 is 0. The molecule has 12 heavy (non-hydrogen) atoms. The van der Waals surface area contributed by atoms with Crippen molar-refractivity contribution in [2.75, 3.05) is 0 Å². The van der Waals surface area contributed by atoms with E-state index < -0.39 is 0 Å². The molecule has 0 nitrogen and oxygen atoms in total. The van der Waals surface area contributed by atoms with Crippen molar-refractivity contribution in [3.63, 3.8) is 0 Å². The first-order chi connectivity index (χ1) is 6.00. The minimum Gasteiger partial charge on any atom is -0.0808 e. The molecule has 1 rings (SSSR count). The van der Waals surface area contributed by atoms with Gasteiger partial charge in [0, 0.05) is 6.42 Å². The van der Waals surface area contributed by atoms with E-state index in [-0.39, 0.29) is 0 Å². The van der Waals surface area contributed by atoms with Crippen molar-refractivity contribution in [2.45, 2.75) is 6.42 Å². The monoisotopic (exact) mass is 157 g/mol. The molecule has 1 aliphatic rings. The highest BCUT2D eigenvalue weighted by Crippen LogP contribution is 1.92. The Kier molecular flexibility index (Phi) is 4.70. The molecule has 61 valence electrons. The Balaban J connectivity index is 2.55. The molecule has 0 spiro atoms. The summed E-state index contributed by atoms with van der Waals surface area (Å²) in [6.45, 7) is 0. The minimum absolute atomic E-state index is 0.998. The van der Waals surface area contributed by atoms with Crippen LogP contribution < -0.4 is 0 Å². The number of hydrogen-bond acceptors (Lipinski definition) is 0. The van der Waals surface area contributed by atoms with Crippen LogP contribution in [-0.2, 0) is 0 Å². The van der Waals surface area contributed by atoms with Gasteiger partial charge < -0.3 is 0 Å². The van der Waals surface area contributed by atoms with Crippen molar-refractivity contribution < 1.29 is 0 Å². The van der Waals surface area contributed by atoms with Crippen LogP contribution in [0.4, 0.5) is 0 Å². The molecule has 0 atom stereocenters. The maximum atomic E-state index is 2.12. The summed E-state index contributed by atoms with van der Waals surface area (Å²) in [4.78, 5) is 0. The maximum absolute atomic E-state index is 2.12. The zero-order valence-electron chi connectivity index (χ0n) is 7.06. The van der Waals surface area contributed by atoms with Crippen molar-refractivity contribution >= 4 is 0 Å². The predicted octanol–water partition coefficient (Wildman–Crippen LogP) is 3.38. The second-order valence-corrected chi connectivity index (χ2v) is 2.44. The SMILES string of the molecule is [CH]1/C=C/C=C\C=C\C/C=C\C=C\1. The molecule has 0 heterocycles. The molecule has 0 aromatic heterocycles. The van der Waals surface area contributed by atoms with E-state index in [4.69, 9.17) is 0 Å². The molecule has 0 aromatic rings. The van der Waals surface area contributed by atoms with Gasteiger partial charge in [-0.15, -0.1) is 0 Å². The van der Waals surface area contributed by atoms with E-state index in [0.29, 0.717) is 0 Å². The van der Waals surface area contributed by atoms with Gasteiger partial charge in [-0.25, -0.2) is 0 Å². The fourth-order valence-electron chi connectivity index (χ4n) is 0.842. The summed E-state index contributed by atoms with van der Waals surface area (Å²) >= 11 is 0. The Morgan fingerprint density at radius 3 is 1.75 bits per heavy atom. The number of rotatable bonds is 0. The Hall–Kier alpha value is -1.30. The summed E-state index contributed by atoms with van der Waals surface area (Å²) in [5, 5.41) is 0. The molecule has 0 saturated heterocycles. The van der Waals surface area contributed by atoms with E-state index in [1.807, 2.05) is 42.9 Å². The van der Waals surface area contributed by atoms with Gasteiger partial charge >= 0.3 is 0 Å². The average Bonchev–Trinajstić information content (AvgIpc) is 2.05. The predicted molar refractivity (Wildman–Crippen MR) is 54.6 cm³/mol. The number of allylic oxidation sites excluding steroid dienone is 10. The van der Waals surface area contributed by atoms with Crippen molar-refractivity contribution in [2.24, 2.45) is 0 Å². The Labute approximate surface area is 74.3 Å². The molecular weight excluding hydrogens is 144 g/mol. The Bertz CT molecular complexity index is 211. The van der Waals surface area contributed by atoms with Gasteiger partial charge in [0.1, 0.15) is 0 Å². The molecule has 0 aliphatic heterocycles. The van der Waals surface area contributed by atoms with Crippen LogP contribution in [-0.4, -0.2) is 0 Å². The number of hydrogen-bond donors (Lipinski definition) is 0. The second kappa shape index (κ2) is 6.41. The Morgan fingerprint density at radius 2 is 1.00 bits per heavy atom. The van der Waals surface area contributed by atoms with E-state index in [1.165, 1.54) is 0 Å². The minimum atomic E-state index is 0.998. The van der Waals surface area contributed by atoms with Gasteiger partial charge in [0.05, 0.1) is 0 Å². The van der Waals surface area contributed by atoms with E-state index in [1.54, 1.807) is 0 Å². The van der Waals surface area contributed by atoms with Gasteiger partial charge in [0.15, 0.2) is 0 Å². The first kappa shape index (κ1) is 8.79. The second-order valence-electron chi connectivity index (χ2n) is 2.44. The fourth-order valence-corrected chi connectivity index (χ4v) is 0.842. The zero-order valence-corrected chi connectivity index (χ0v) is 7.06. The lowest BCUT2D eigenvalue weighted by atomic mass is 10.2. The highest BCUT2D eigenvalue weighted by atomic mass is 13.8. The smallest absolute Gasteiger partial charge is 0.00506 e. The van der Waals surface area contributed by atoms with Crippen LogP contribution in [0.15, 0.2) is 60.8 Å². The summed E-state index contributed by atoms with van der Waals surface area (Å²) in [6, 6.07) is 0. The quantitative estimate of drug-likeness (QED) is 0.505. The van der Waals surface area contributed by atoms with E-state index in [2.05, 4.69) is 24.3 Å².